The first-order valence-corrected chi connectivity index (χ1v) is 22.5. The number of hydrogen-bond donors (Lipinski definition) is 5. The summed E-state index contributed by atoms with van der Waals surface area (Å²) in [6, 6.07) is 42.5. The molecule has 5 N–H and O–H groups in total. The number of hydrogen-bond acceptors (Lipinski definition) is 12. The number of rotatable bonds is 10. The highest BCUT2D eigenvalue weighted by atomic mass is 35.5. The monoisotopic (exact) mass is 967 g/mol. The number of phenols is 2. The number of azo groups is 2. The lowest BCUT2D eigenvalue weighted by Crippen LogP contribution is -2.17. The molecule has 16 nitrogen and oxygen atoms in total. The zero-order chi connectivity index (χ0) is 49.8. The molecular weight excluding hydrogens is 934 g/mol. The molecule has 0 saturated carbocycles. The summed E-state index contributed by atoms with van der Waals surface area (Å²) in [4.78, 5) is 55.3. The number of anilines is 1. The van der Waals surface area contributed by atoms with Crippen molar-refractivity contribution in [2.45, 2.75) is 6.92 Å². The van der Waals surface area contributed by atoms with Gasteiger partial charge in [0.2, 0.25) is 0 Å². The average Bonchev–Trinajstić information content (AvgIpc) is 3.90. The molecule has 10 aromatic rings. The standard InChI is InChI=1S/C55H34ClN9O7/c1-28-10-15-32(16-11-28)58-54(69)42-22-30-6-2-3-7-36(30)49(52(42)67)62-60-33-17-21-38-40(24-33)51(66)41-25-34(26-44(56)47(38)41)61-63-50-46-31(14-20-39-37-8-4-5-9-45(37)59-48(39)46)23-43(53(50)68)55(70)64-57-27-29-12-18-35(19-13-29)65(71)72/h2-27,59,67-68H,1H3,(H,58,69)(H,64,70). The van der Waals surface area contributed by atoms with E-state index in [2.05, 4.69) is 41.3 Å². The number of carbonyl (C=O) groups excluding carboxylic acids is 3. The second-order valence-corrected chi connectivity index (χ2v) is 17.3. The van der Waals surface area contributed by atoms with Gasteiger partial charge in [0.1, 0.15) is 11.4 Å². The minimum absolute atomic E-state index is 0.00152. The van der Waals surface area contributed by atoms with Crippen LogP contribution in [-0.2, 0) is 0 Å². The van der Waals surface area contributed by atoms with E-state index in [1.54, 1.807) is 60.7 Å². The van der Waals surface area contributed by atoms with E-state index in [4.69, 9.17) is 11.6 Å². The number of phenolic OH excluding ortho intramolecular Hbond substituents is 2. The van der Waals surface area contributed by atoms with Gasteiger partial charge in [-0.25, -0.2) is 5.43 Å². The molecule has 0 atom stereocenters. The number of amides is 2. The van der Waals surface area contributed by atoms with E-state index in [0.29, 0.717) is 49.4 Å². The van der Waals surface area contributed by atoms with Gasteiger partial charge in [0.05, 0.1) is 44.2 Å². The largest absolute Gasteiger partial charge is 0.505 e. The van der Waals surface area contributed by atoms with Crippen molar-refractivity contribution in [3.05, 3.63) is 200 Å². The fourth-order valence-electron chi connectivity index (χ4n) is 8.85. The predicted molar refractivity (Wildman–Crippen MR) is 277 cm³/mol. The summed E-state index contributed by atoms with van der Waals surface area (Å²) in [6.45, 7) is 1.94. The van der Waals surface area contributed by atoms with Crippen LogP contribution < -0.4 is 10.7 Å². The van der Waals surface area contributed by atoms with E-state index < -0.39 is 22.5 Å². The molecule has 0 aliphatic heterocycles. The maximum atomic E-state index is 14.2. The average molecular weight is 968 g/mol. The van der Waals surface area contributed by atoms with Crippen LogP contribution in [0.1, 0.15) is 47.8 Å². The fourth-order valence-corrected chi connectivity index (χ4v) is 9.16. The lowest BCUT2D eigenvalue weighted by molar-refractivity contribution is -0.384. The molecule has 0 bridgehead atoms. The molecule has 0 fully saturated rings. The number of nitro groups is 1. The molecule has 72 heavy (non-hydrogen) atoms. The highest BCUT2D eigenvalue weighted by Crippen LogP contribution is 2.47. The summed E-state index contributed by atoms with van der Waals surface area (Å²) in [5, 5.41) is 63.3. The third-order valence-corrected chi connectivity index (χ3v) is 12.7. The molecular formula is C55H34ClN9O7. The summed E-state index contributed by atoms with van der Waals surface area (Å²) in [5.74, 6) is -2.55. The lowest BCUT2D eigenvalue weighted by Gasteiger charge is -2.11. The molecule has 1 aliphatic carbocycles. The number of para-hydroxylation sites is 1. The minimum atomic E-state index is -0.774. The Labute approximate surface area is 411 Å². The van der Waals surface area contributed by atoms with Gasteiger partial charge in [-0.2, -0.15) is 15.3 Å². The topological polar surface area (TPSA) is 236 Å². The Hall–Kier alpha value is -9.93. The van der Waals surface area contributed by atoms with Gasteiger partial charge in [0.25, 0.3) is 17.5 Å². The van der Waals surface area contributed by atoms with E-state index in [0.717, 1.165) is 21.9 Å². The number of ketones is 1. The summed E-state index contributed by atoms with van der Waals surface area (Å²) < 4.78 is 0. The SMILES string of the molecule is Cc1ccc(NC(=O)c2cc3ccccc3c(N=Nc3ccc4c(c3)C(=O)c3cc(N=Nc5c(O)c(C(=O)NN=Cc6ccc([N+](=O)[O-])cc6)cc6ccc7c8ccccc8[nH]c7c56)cc(Cl)c3-4)c2O)cc1. The normalized spacial score (nSPS) is 12.2. The third kappa shape index (κ3) is 7.98. The van der Waals surface area contributed by atoms with Crippen LogP contribution >= 0.6 is 11.6 Å². The molecule has 2 amide bonds. The number of fused-ring (bicyclic) bond motifs is 9. The fraction of sp³-hybridized carbons (Fsp3) is 0.0182. The van der Waals surface area contributed by atoms with Gasteiger partial charge in [-0.3, -0.25) is 24.5 Å². The zero-order valence-corrected chi connectivity index (χ0v) is 38.3. The smallest absolute Gasteiger partial charge is 0.275 e. The first kappa shape index (κ1) is 44.6. The van der Waals surface area contributed by atoms with Crippen molar-refractivity contribution < 1.29 is 29.5 Å². The molecule has 9 aromatic carbocycles. The van der Waals surface area contributed by atoms with Crippen LogP contribution in [0.15, 0.2) is 177 Å². The van der Waals surface area contributed by atoms with Gasteiger partial charge in [-0.1, -0.05) is 90.0 Å². The first-order chi connectivity index (χ1) is 34.9. The Morgan fingerprint density at radius 2 is 1.35 bits per heavy atom. The highest BCUT2D eigenvalue weighted by molar-refractivity contribution is 6.37. The Morgan fingerprint density at radius 1 is 0.667 bits per heavy atom. The Morgan fingerprint density at radius 3 is 2.14 bits per heavy atom. The molecule has 0 saturated heterocycles. The zero-order valence-electron chi connectivity index (χ0n) is 37.5. The predicted octanol–water partition coefficient (Wildman–Crippen LogP) is 14.0. The number of H-pyrrole nitrogens is 1. The van der Waals surface area contributed by atoms with Gasteiger partial charge in [-0.05, 0) is 95.6 Å². The summed E-state index contributed by atoms with van der Waals surface area (Å²) in [7, 11) is 0. The summed E-state index contributed by atoms with van der Waals surface area (Å²) in [5.41, 5.74) is 7.69. The van der Waals surface area contributed by atoms with Crippen LogP contribution in [0.2, 0.25) is 5.02 Å². The number of benzene rings is 9. The van der Waals surface area contributed by atoms with Crippen molar-refractivity contribution in [2.24, 2.45) is 25.6 Å². The van der Waals surface area contributed by atoms with Gasteiger partial charge in [-0.15, -0.1) is 10.2 Å². The second-order valence-electron chi connectivity index (χ2n) is 16.9. The van der Waals surface area contributed by atoms with Crippen molar-refractivity contribution in [3.8, 4) is 22.6 Å². The quantitative estimate of drug-likeness (QED) is 0.0384. The highest BCUT2D eigenvalue weighted by Gasteiger charge is 2.30. The van der Waals surface area contributed by atoms with Gasteiger partial charge < -0.3 is 20.5 Å². The Bertz CT molecular complexity index is 4070. The first-order valence-electron chi connectivity index (χ1n) is 22.2. The molecule has 1 aliphatic rings. The van der Waals surface area contributed by atoms with E-state index in [1.165, 1.54) is 48.7 Å². The maximum Gasteiger partial charge on any atom is 0.275 e. The lowest BCUT2D eigenvalue weighted by atomic mass is 10.00. The molecule has 348 valence electrons. The van der Waals surface area contributed by atoms with E-state index in [1.807, 2.05) is 55.5 Å². The number of halogens is 1. The van der Waals surface area contributed by atoms with Gasteiger partial charge in [0, 0.05) is 61.6 Å². The number of non-ortho nitro benzene ring substituents is 1. The van der Waals surface area contributed by atoms with Crippen LogP contribution in [-0.4, -0.2) is 43.9 Å². The maximum absolute atomic E-state index is 14.2. The second kappa shape index (κ2) is 17.9. The number of aromatic hydroxyl groups is 2. The molecule has 0 radical (unpaired) electrons. The number of nitrogens with one attached hydrogen (secondary N) is 3. The van der Waals surface area contributed by atoms with Crippen molar-refractivity contribution >= 4 is 113 Å². The van der Waals surface area contributed by atoms with Crippen molar-refractivity contribution in [3.63, 3.8) is 0 Å². The van der Waals surface area contributed by atoms with Crippen LogP contribution in [0.4, 0.5) is 34.1 Å². The number of carbonyl (C=O) groups is 3. The van der Waals surface area contributed by atoms with E-state index in [-0.39, 0.29) is 67.2 Å². The van der Waals surface area contributed by atoms with Crippen LogP contribution in [0.5, 0.6) is 11.5 Å². The third-order valence-electron chi connectivity index (χ3n) is 12.4. The number of aromatic nitrogens is 1. The van der Waals surface area contributed by atoms with E-state index in [9.17, 15) is 34.7 Å². The molecule has 0 spiro atoms. The van der Waals surface area contributed by atoms with Gasteiger partial charge in [0.15, 0.2) is 17.3 Å². The van der Waals surface area contributed by atoms with Crippen LogP contribution in [0.25, 0.3) is 54.5 Å². The number of nitrogens with zero attached hydrogens (tertiary/aromatic N) is 6. The van der Waals surface area contributed by atoms with E-state index >= 15 is 0 Å². The van der Waals surface area contributed by atoms with Gasteiger partial charge >= 0.3 is 0 Å². The molecule has 11 rings (SSSR count). The molecule has 17 heteroatoms. The summed E-state index contributed by atoms with van der Waals surface area (Å²) in [6.07, 6.45) is 1.31. The van der Waals surface area contributed by atoms with Crippen molar-refractivity contribution in [1.29, 1.82) is 0 Å². The number of hydrazone groups is 1. The number of aryl methyl sites for hydroxylation is 1. The van der Waals surface area contributed by atoms with Crippen LogP contribution in [0, 0.1) is 17.0 Å². The minimum Gasteiger partial charge on any atom is -0.505 e. The number of aromatic amines is 1. The Balaban J connectivity index is 0.915. The molecule has 0 unspecified atom stereocenters. The molecule has 1 heterocycles. The van der Waals surface area contributed by atoms with Crippen molar-refractivity contribution in [1.82, 2.24) is 10.4 Å². The van der Waals surface area contributed by atoms with Crippen LogP contribution in [0.3, 0.4) is 0 Å². The van der Waals surface area contributed by atoms with Crippen molar-refractivity contribution in [2.75, 3.05) is 5.32 Å². The molecule has 1 aromatic heterocycles. The number of nitro benzene ring substituents is 1. The Kier molecular flexibility index (Phi) is 11.1. The summed E-state index contributed by atoms with van der Waals surface area (Å²) >= 11 is 6.93.